The Morgan fingerprint density at radius 1 is 0.964 bits per heavy atom. The number of rotatable bonds is 5. The standard InChI is InChI=1S/C22H16FN3O2/c23-15-7-5-14(6-8-15)13-19-20(17-3-1-2-4-18(17)26-19)21(27)22(28)25-16-9-11-24-12-10-16/h1-12,26H,13H2,(H,24,25,28). The van der Waals surface area contributed by atoms with Crippen molar-refractivity contribution in [3.63, 3.8) is 0 Å². The molecule has 0 bridgehead atoms. The quantitative estimate of drug-likeness (QED) is 0.408. The van der Waals surface area contributed by atoms with E-state index in [1.54, 1.807) is 30.3 Å². The molecule has 0 aliphatic heterocycles. The zero-order valence-electron chi connectivity index (χ0n) is 14.8. The average molecular weight is 373 g/mol. The van der Waals surface area contributed by atoms with Gasteiger partial charge in [-0.25, -0.2) is 4.39 Å². The lowest BCUT2D eigenvalue weighted by Crippen LogP contribution is -2.23. The molecule has 6 heteroatoms. The predicted octanol–water partition coefficient (Wildman–Crippen LogP) is 4.11. The number of para-hydroxylation sites is 1. The van der Waals surface area contributed by atoms with Crippen molar-refractivity contribution in [2.24, 2.45) is 0 Å². The fourth-order valence-corrected chi connectivity index (χ4v) is 3.13. The van der Waals surface area contributed by atoms with Crippen LogP contribution in [0.15, 0.2) is 73.1 Å². The highest BCUT2D eigenvalue weighted by Gasteiger charge is 2.24. The highest BCUT2D eigenvalue weighted by molar-refractivity contribution is 6.48. The fraction of sp³-hybridized carbons (Fsp3) is 0.0455. The summed E-state index contributed by atoms with van der Waals surface area (Å²) in [6.45, 7) is 0. The number of hydrogen-bond acceptors (Lipinski definition) is 3. The molecule has 1 amide bonds. The largest absolute Gasteiger partial charge is 0.357 e. The Morgan fingerprint density at radius 3 is 2.43 bits per heavy atom. The Kier molecular flexibility index (Phi) is 4.68. The van der Waals surface area contributed by atoms with Crippen LogP contribution in [0, 0.1) is 5.82 Å². The zero-order chi connectivity index (χ0) is 19.5. The van der Waals surface area contributed by atoms with E-state index in [-0.39, 0.29) is 5.82 Å². The number of anilines is 1. The maximum absolute atomic E-state index is 13.2. The van der Waals surface area contributed by atoms with Crippen LogP contribution in [0.25, 0.3) is 10.9 Å². The van der Waals surface area contributed by atoms with Crippen LogP contribution in [0.1, 0.15) is 21.6 Å². The van der Waals surface area contributed by atoms with Crippen LogP contribution in [0.4, 0.5) is 10.1 Å². The van der Waals surface area contributed by atoms with Crippen LogP contribution in [0.3, 0.4) is 0 Å². The number of benzene rings is 2. The normalized spacial score (nSPS) is 10.8. The van der Waals surface area contributed by atoms with Crippen molar-refractivity contribution in [3.8, 4) is 0 Å². The number of fused-ring (bicyclic) bond motifs is 1. The van der Waals surface area contributed by atoms with Crippen LogP contribution >= 0.6 is 0 Å². The minimum atomic E-state index is -0.726. The molecule has 2 N–H and O–H groups in total. The molecule has 4 aromatic rings. The van der Waals surface area contributed by atoms with E-state index in [1.165, 1.54) is 24.5 Å². The first-order valence-corrected chi connectivity index (χ1v) is 8.71. The summed E-state index contributed by atoms with van der Waals surface area (Å²) in [5.41, 5.74) is 3.03. The highest BCUT2D eigenvalue weighted by Crippen LogP contribution is 2.25. The van der Waals surface area contributed by atoms with Crippen molar-refractivity contribution in [2.75, 3.05) is 5.32 Å². The van der Waals surface area contributed by atoms with Crippen molar-refractivity contribution >= 4 is 28.3 Å². The number of ketones is 1. The molecule has 28 heavy (non-hydrogen) atoms. The van der Waals surface area contributed by atoms with Gasteiger partial charge in [0.25, 0.3) is 11.7 Å². The lowest BCUT2D eigenvalue weighted by atomic mass is 10.0. The second kappa shape index (κ2) is 7.44. The first-order chi connectivity index (χ1) is 13.6. The molecule has 2 aromatic heterocycles. The van der Waals surface area contributed by atoms with Gasteiger partial charge in [0.05, 0.1) is 5.56 Å². The van der Waals surface area contributed by atoms with E-state index in [0.29, 0.717) is 28.8 Å². The average Bonchev–Trinajstić information content (AvgIpc) is 3.07. The van der Waals surface area contributed by atoms with E-state index in [4.69, 9.17) is 0 Å². The third-order valence-electron chi connectivity index (χ3n) is 4.45. The van der Waals surface area contributed by atoms with Gasteiger partial charge in [0.1, 0.15) is 5.82 Å². The Labute approximate surface area is 160 Å². The lowest BCUT2D eigenvalue weighted by Gasteiger charge is -2.06. The summed E-state index contributed by atoms with van der Waals surface area (Å²) in [4.78, 5) is 32.7. The number of carbonyl (C=O) groups excluding carboxylic acids is 2. The van der Waals surface area contributed by atoms with Gasteiger partial charge in [-0.1, -0.05) is 30.3 Å². The topological polar surface area (TPSA) is 74.8 Å². The number of halogens is 1. The van der Waals surface area contributed by atoms with Gasteiger partial charge >= 0.3 is 0 Å². The number of nitrogens with one attached hydrogen (secondary N) is 2. The number of carbonyl (C=O) groups is 2. The molecule has 0 unspecified atom stereocenters. The van der Waals surface area contributed by atoms with Gasteiger partial charge < -0.3 is 10.3 Å². The summed E-state index contributed by atoms with van der Waals surface area (Å²) in [7, 11) is 0. The number of hydrogen-bond donors (Lipinski definition) is 2. The molecule has 0 radical (unpaired) electrons. The lowest BCUT2D eigenvalue weighted by molar-refractivity contribution is -0.112. The molecule has 2 aromatic carbocycles. The van der Waals surface area contributed by atoms with Gasteiger partial charge in [-0.05, 0) is 35.9 Å². The van der Waals surface area contributed by atoms with Crippen molar-refractivity contribution in [1.29, 1.82) is 0 Å². The van der Waals surface area contributed by atoms with Gasteiger partial charge in [-0.3, -0.25) is 14.6 Å². The molecule has 2 heterocycles. The zero-order valence-corrected chi connectivity index (χ0v) is 14.8. The molecule has 0 aliphatic rings. The molecule has 0 atom stereocenters. The first-order valence-electron chi connectivity index (χ1n) is 8.71. The fourth-order valence-electron chi connectivity index (χ4n) is 3.13. The summed E-state index contributed by atoms with van der Waals surface area (Å²) in [6.07, 6.45) is 3.44. The molecular formula is C22H16FN3O2. The summed E-state index contributed by atoms with van der Waals surface area (Å²) in [6, 6.07) is 16.6. The second-order valence-electron chi connectivity index (χ2n) is 6.35. The molecule has 4 rings (SSSR count). The number of aromatic nitrogens is 2. The number of aromatic amines is 1. The van der Waals surface area contributed by atoms with Crippen LogP contribution in [-0.4, -0.2) is 21.7 Å². The third kappa shape index (κ3) is 3.53. The number of H-pyrrole nitrogens is 1. The van der Waals surface area contributed by atoms with Crippen LogP contribution < -0.4 is 5.32 Å². The molecule has 0 saturated heterocycles. The maximum atomic E-state index is 13.2. The van der Waals surface area contributed by atoms with Crippen molar-refractivity contribution in [2.45, 2.75) is 6.42 Å². The molecule has 0 saturated carbocycles. The minimum absolute atomic E-state index is 0.325. The minimum Gasteiger partial charge on any atom is -0.357 e. The van der Waals surface area contributed by atoms with Crippen LogP contribution in [0.5, 0.6) is 0 Å². The van der Waals surface area contributed by atoms with Gasteiger partial charge in [-0.15, -0.1) is 0 Å². The number of Topliss-reactive ketones (excluding diaryl/α,β-unsaturated/α-hetero) is 1. The van der Waals surface area contributed by atoms with E-state index in [0.717, 1.165) is 11.1 Å². The Morgan fingerprint density at radius 2 is 1.68 bits per heavy atom. The highest BCUT2D eigenvalue weighted by atomic mass is 19.1. The number of amides is 1. The summed E-state index contributed by atoms with van der Waals surface area (Å²) in [5, 5.41) is 3.28. The molecule has 0 fully saturated rings. The van der Waals surface area contributed by atoms with Gasteiger partial charge in [0.2, 0.25) is 0 Å². The molecule has 138 valence electrons. The molecule has 0 aliphatic carbocycles. The molecular weight excluding hydrogens is 357 g/mol. The van der Waals surface area contributed by atoms with E-state index >= 15 is 0 Å². The number of nitrogens with zero attached hydrogens (tertiary/aromatic N) is 1. The second-order valence-corrected chi connectivity index (χ2v) is 6.35. The van der Waals surface area contributed by atoms with Gasteiger partial charge in [0.15, 0.2) is 0 Å². The Bertz CT molecular complexity index is 1150. The molecule has 5 nitrogen and oxygen atoms in total. The molecule has 0 spiro atoms. The summed E-state index contributed by atoms with van der Waals surface area (Å²) >= 11 is 0. The Balaban J connectivity index is 1.71. The van der Waals surface area contributed by atoms with Gasteiger partial charge in [-0.2, -0.15) is 0 Å². The van der Waals surface area contributed by atoms with Crippen LogP contribution in [-0.2, 0) is 11.2 Å². The Hall–Kier alpha value is -3.80. The van der Waals surface area contributed by atoms with E-state index in [2.05, 4.69) is 15.3 Å². The van der Waals surface area contributed by atoms with E-state index in [9.17, 15) is 14.0 Å². The third-order valence-corrected chi connectivity index (χ3v) is 4.45. The monoisotopic (exact) mass is 373 g/mol. The van der Waals surface area contributed by atoms with E-state index in [1.807, 2.05) is 18.2 Å². The maximum Gasteiger partial charge on any atom is 0.296 e. The predicted molar refractivity (Wildman–Crippen MR) is 105 cm³/mol. The van der Waals surface area contributed by atoms with Crippen LogP contribution in [0.2, 0.25) is 0 Å². The van der Waals surface area contributed by atoms with E-state index < -0.39 is 11.7 Å². The smallest absolute Gasteiger partial charge is 0.296 e. The summed E-state index contributed by atoms with van der Waals surface area (Å²) in [5.74, 6) is -1.68. The SMILES string of the molecule is O=C(Nc1ccncc1)C(=O)c1c(Cc2ccc(F)cc2)[nH]c2ccccc12. The summed E-state index contributed by atoms with van der Waals surface area (Å²) < 4.78 is 13.2. The van der Waals surface area contributed by atoms with Gasteiger partial charge in [0, 0.05) is 41.1 Å². The van der Waals surface area contributed by atoms with Crippen molar-refractivity contribution < 1.29 is 14.0 Å². The number of pyridine rings is 1. The van der Waals surface area contributed by atoms with Crippen molar-refractivity contribution in [3.05, 3.63) is 95.7 Å². The first kappa shape index (κ1) is 17.6. The van der Waals surface area contributed by atoms with Crippen molar-refractivity contribution in [1.82, 2.24) is 9.97 Å².